The van der Waals surface area contributed by atoms with Crippen molar-refractivity contribution in [2.24, 2.45) is 0 Å². The minimum Gasteiger partial charge on any atom is -0.253 e. The van der Waals surface area contributed by atoms with E-state index in [4.69, 9.17) is 0 Å². The van der Waals surface area contributed by atoms with E-state index in [1.165, 1.54) is 18.9 Å². The van der Waals surface area contributed by atoms with Crippen LogP contribution in [0.5, 0.6) is 0 Å². The normalized spacial score (nSPS) is 9.53. The van der Waals surface area contributed by atoms with Gasteiger partial charge in [-0.2, -0.15) is 0 Å². The first kappa shape index (κ1) is 11.6. The number of pyridine rings is 1. The van der Waals surface area contributed by atoms with Crippen LogP contribution in [0, 0.1) is 5.82 Å². The maximum atomic E-state index is 12.9. The Bertz CT molecular complexity index is 405. The van der Waals surface area contributed by atoms with Crippen LogP contribution in [0.4, 0.5) is 4.39 Å². The average Bonchev–Trinajstić information content (AvgIpc) is 2.30. The van der Waals surface area contributed by atoms with Gasteiger partial charge in [0.05, 0.1) is 0 Å². The van der Waals surface area contributed by atoms with Gasteiger partial charge >= 0.3 is 0 Å². The molecule has 0 aliphatic heterocycles. The van der Waals surface area contributed by atoms with Crippen molar-refractivity contribution in [1.82, 2.24) is 4.98 Å². The van der Waals surface area contributed by atoms with Gasteiger partial charge in [0.2, 0.25) is 0 Å². The predicted octanol–water partition coefficient (Wildman–Crippen LogP) is 4.18. The van der Waals surface area contributed by atoms with E-state index < -0.39 is 0 Å². The molecule has 0 saturated heterocycles. The lowest BCUT2D eigenvalue weighted by molar-refractivity contribution is 0.637. The number of hydrogen-bond acceptors (Lipinski definition) is 1. The summed E-state index contributed by atoms with van der Waals surface area (Å²) < 4.78 is 12.9. The Morgan fingerprint density at radius 2 is 1.73 bits per heavy atom. The fraction of sp³-hybridized carbons (Fsp3) is 0.308. The van der Waals surface area contributed by atoms with Crippen LogP contribution < -0.4 is 0 Å². The smallest absolute Gasteiger partial charge is 0.149 e. The SMILES string of the molecule is CCCC.Fc1cccc2cccnc12. The van der Waals surface area contributed by atoms with Crippen molar-refractivity contribution < 1.29 is 4.39 Å². The molecule has 0 aliphatic rings. The number of fused-ring (bicyclic) bond motifs is 1. The third-order valence-corrected chi connectivity index (χ3v) is 2.08. The number of para-hydroxylation sites is 1. The number of rotatable bonds is 1. The second-order valence-electron chi connectivity index (χ2n) is 3.31. The van der Waals surface area contributed by atoms with Crippen LogP contribution in [0.15, 0.2) is 36.5 Å². The Kier molecular flexibility index (Phi) is 4.75. The highest BCUT2D eigenvalue weighted by Crippen LogP contribution is 2.13. The van der Waals surface area contributed by atoms with E-state index in [0.717, 1.165) is 5.39 Å². The van der Waals surface area contributed by atoms with E-state index in [0.29, 0.717) is 5.52 Å². The fourth-order valence-electron chi connectivity index (χ4n) is 1.07. The highest BCUT2D eigenvalue weighted by molar-refractivity contribution is 5.78. The summed E-state index contributed by atoms with van der Waals surface area (Å²) in [6, 6.07) is 8.56. The quantitative estimate of drug-likeness (QED) is 0.680. The van der Waals surface area contributed by atoms with Crippen molar-refractivity contribution in [2.75, 3.05) is 0 Å². The number of benzene rings is 1. The minimum atomic E-state index is -0.261. The number of hydrogen-bond donors (Lipinski definition) is 0. The molecule has 1 aromatic carbocycles. The Hall–Kier alpha value is -1.44. The van der Waals surface area contributed by atoms with E-state index in [1.807, 2.05) is 12.1 Å². The van der Waals surface area contributed by atoms with Gasteiger partial charge in [0, 0.05) is 11.6 Å². The first-order valence-corrected chi connectivity index (χ1v) is 5.28. The predicted molar refractivity (Wildman–Crippen MR) is 62.3 cm³/mol. The molecule has 0 fully saturated rings. The van der Waals surface area contributed by atoms with Crippen molar-refractivity contribution in [3.63, 3.8) is 0 Å². The first-order chi connectivity index (χ1) is 7.29. The van der Waals surface area contributed by atoms with Gasteiger partial charge in [-0.05, 0) is 12.1 Å². The molecule has 2 heteroatoms. The monoisotopic (exact) mass is 205 g/mol. The zero-order valence-electron chi connectivity index (χ0n) is 9.20. The van der Waals surface area contributed by atoms with Gasteiger partial charge in [0.1, 0.15) is 11.3 Å². The molecular formula is C13H16FN. The Morgan fingerprint density at radius 1 is 1.07 bits per heavy atom. The van der Waals surface area contributed by atoms with Crippen LogP contribution in [0.2, 0.25) is 0 Å². The highest BCUT2D eigenvalue weighted by Gasteiger charge is 1.97. The molecule has 1 aromatic heterocycles. The van der Waals surface area contributed by atoms with Gasteiger partial charge < -0.3 is 0 Å². The third kappa shape index (κ3) is 3.31. The van der Waals surface area contributed by atoms with Crippen LogP contribution in [0.1, 0.15) is 26.7 Å². The maximum absolute atomic E-state index is 12.9. The zero-order valence-corrected chi connectivity index (χ0v) is 9.20. The van der Waals surface area contributed by atoms with Crippen molar-refractivity contribution in [3.8, 4) is 0 Å². The summed E-state index contributed by atoms with van der Waals surface area (Å²) >= 11 is 0. The van der Waals surface area contributed by atoms with Crippen molar-refractivity contribution >= 4 is 10.9 Å². The van der Waals surface area contributed by atoms with Crippen LogP contribution in [0.3, 0.4) is 0 Å². The summed E-state index contributed by atoms with van der Waals surface area (Å²) in [6.07, 6.45) is 4.23. The summed E-state index contributed by atoms with van der Waals surface area (Å²) in [4.78, 5) is 3.91. The Balaban J connectivity index is 0.000000245. The molecule has 2 rings (SSSR count). The lowest BCUT2D eigenvalue weighted by Crippen LogP contribution is -1.81. The molecule has 0 N–H and O–H groups in total. The summed E-state index contributed by atoms with van der Waals surface area (Å²) in [5.74, 6) is -0.261. The molecule has 1 heterocycles. The fourth-order valence-corrected chi connectivity index (χ4v) is 1.07. The van der Waals surface area contributed by atoms with Crippen molar-refractivity contribution in [1.29, 1.82) is 0 Å². The van der Waals surface area contributed by atoms with E-state index in [-0.39, 0.29) is 5.82 Å². The maximum Gasteiger partial charge on any atom is 0.149 e. The molecule has 0 bridgehead atoms. The molecule has 2 aromatic rings. The molecule has 0 atom stereocenters. The van der Waals surface area contributed by atoms with Gasteiger partial charge in [-0.25, -0.2) is 4.39 Å². The summed E-state index contributed by atoms with van der Waals surface area (Å²) in [7, 11) is 0. The van der Waals surface area contributed by atoms with Gasteiger partial charge in [-0.15, -0.1) is 0 Å². The topological polar surface area (TPSA) is 12.9 Å². The van der Waals surface area contributed by atoms with Gasteiger partial charge in [-0.3, -0.25) is 4.98 Å². The minimum absolute atomic E-state index is 0.261. The lowest BCUT2D eigenvalue weighted by Gasteiger charge is -1.94. The first-order valence-electron chi connectivity index (χ1n) is 5.28. The van der Waals surface area contributed by atoms with Crippen molar-refractivity contribution in [2.45, 2.75) is 26.7 Å². The number of halogens is 1. The highest BCUT2D eigenvalue weighted by atomic mass is 19.1. The summed E-state index contributed by atoms with van der Waals surface area (Å²) in [6.45, 7) is 4.36. The molecule has 0 spiro atoms. The van der Waals surface area contributed by atoms with Crippen LogP contribution >= 0.6 is 0 Å². The van der Waals surface area contributed by atoms with Crippen LogP contribution in [-0.2, 0) is 0 Å². The van der Waals surface area contributed by atoms with Crippen LogP contribution in [-0.4, -0.2) is 4.98 Å². The standard InChI is InChI=1S/C9H6FN.C4H10/c10-8-5-1-3-7-4-2-6-11-9(7)8;1-3-4-2/h1-6H;3-4H2,1-2H3. The summed E-state index contributed by atoms with van der Waals surface area (Å²) in [5, 5.41) is 0.840. The second-order valence-corrected chi connectivity index (χ2v) is 3.31. The number of unbranched alkanes of at least 4 members (excludes halogenated alkanes) is 1. The van der Waals surface area contributed by atoms with E-state index in [9.17, 15) is 4.39 Å². The molecule has 15 heavy (non-hydrogen) atoms. The van der Waals surface area contributed by atoms with E-state index in [2.05, 4.69) is 18.8 Å². The molecule has 0 saturated carbocycles. The Morgan fingerprint density at radius 3 is 2.33 bits per heavy atom. The van der Waals surface area contributed by atoms with E-state index >= 15 is 0 Å². The third-order valence-electron chi connectivity index (χ3n) is 2.08. The van der Waals surface area contributed by atoms with E-state index in [1.54, 1.807) is 18.3 Å². The Labute approximate surface area is 90.0 Å². The van der Waals surface area contributed by atoms with Gasteiger partial charge in [0.15, 0.2) is 0 Å². The largest absolute Gasteiger partial charge is 0.253 e. The number of nitrogens with zero attached hydrogens (tertiary/aromatic N) is 1. The van der Waals surface area contributed by atoms with Crippen LogP contribution in [0.25, 0.3) is 10.9 Å². The summed E-state index contributed by atoms with van der Waals surface area (Å²) in [5.41, 5.74) is 0.440. The van der Waals surface area contributed by atoms with Gasteiger partial charge in [0.25, 0.3) is 0 Å². The molecule has 80 valence electrons. The zero-order chi connectivity index (χ0) is 11.1. The molecule has 0 amide bonds. The molecule has 1 nitrogen and oxygen atoms in total. The molecule has 0 radical (unpaired) electrons. The lowest BCUT2D eigenvalue weighted by atomic mass is 10.2. The average molecular weight is 205 g/mol. The van der Waals surface area contributed by atoms with Gasteiger partial charge in [-0.1, -0.05) is 44.9 Å². The second kappa shape index (κ2) is 6.12. The molecule has 0 unspecified atom stereocenters. The number of aromatic nitrogens is 1. The van der Waals surface area contributed by atoms with Crippen molar-refractivity contribution in [3.05, 3.63) is 42.3 Å². The molecular weight excluding hydrogens is 189 g/mol. The molecule has 0 aliphatic carbocycles.